The Morgan fingerprint density at radius 2 is 1.90 bits per heavy atom. The number of nitrogens with zero attached hydrogens (tertiary/aromatic N) is 2. The molecule has 1 saturated carbocycles. The lowest BCUT2D eigenvalue weighted by Gasteiger charge is -2.40. The molecule has 158 valence electrons. The minimum atomic E-state index is -0.288. The summed E-state index contributed by atoms with van der Waals surface area (Å²) in [6.45, 7) is 3.61. The number of fused-ring (bicyclic) bond motifs is 1. The maximum Gasteiger partial charge on any atom is 0.253 e. The van der Waals surface area contributed by atoms with Gasteiger partial charge in [0.2, 0.25) is 5.91 Å². The summed E-state index contributed by atoms with van der Waals surface area (Å²) in [6.07, 6.45) is 3.91. The molecule has 0 bridgehead atoms. The third-order valence-corrected chi connectivity index (χ3v) is 6.67. The molecule has 29 heavy (non-hydrogen) atoms. The van der Waals surface area contributed by atoms with Crippen molar-refractivity contribution in [3.05, 3.63) is 29.8 Å². The average molecular weight is 402 g/mol. The molecule has 1 aliphatic carbocycles. The van der Waals surface area contributed by atoms with Gasteiger partial charge in [0.1, 0.15) is 6.61 Å². The fourth-order valence-corrected chi connectivity index (χ4v) is 5.28. The lowest BCUT2D eigenvalue weighted by atomic mass is 9.77. The monoisotopic (exact) mass is 401 g/mol. The zero-order valence-corrected chi connectivity index (χ0v) is 17.0. The molecular weight excluding hydrogens is 370 g/mol. The van der Waals surface area contributed by atoms with Crippen molar-refractivity contribution in [2.24, 2.45) is 11.8 Å². The van der Waals surface area contributed by atoms with Gasteiger partial charge in [-0.15, -0.1) is 0 Å². The number of amides is 2. The highest BCUT2D eigenvalue weighted by molar-refractivity contribution is 5.97. The highest BCUT2D eigenvalue weighted by Gasteiger charge is 2.44. The lowest BCUT2D eigenvalue weighted by Crippen LogP contribution is -2.48. The molecule has 1 aromatic rings. The number of carbonyl (C=O) groups is 2. The van der Waals surface area contributed by atoms with Crippen molar-refractivity contribution in [1.29, 1.82) is 0 Å². The normalized spacial score (nSPS) is 29.7. The number of anilines is 1. The van der Waals surface area contributed by atoms with Gasteiger partial charge in [-0.3, -0.25) is 14.5 Å². The first kappa shape index (κ1) is 20.3. The summed E-state index contributed by atoms with van der Waals surface area (Å²) in [5.74, 6) is 0.579. The molecule has 4 atom stereocenters. The predicted octanol–water partition coefficient (Wildman–Crippen LogP) is 1.58. The van der Waals surface area contributed by atoms with E-state index in [9.17, 15) is 14.7 Å². The van der Waals surface area contributed by atoms with Gasteiger partial charge < -0.3 is 20.1 Å². The van der Waals surface area contributed by atoms with Gasteiger partial charge in [-0.25, -0.2) is 0 Å². The van der Waals surface area contributed by atoms with Crippen molar-refractivity contribution < 1.29 is 19.4 Å². The molecule has 0 spiro atoms. The zero-order valence-electron chi connectivity index (χ0n) is 17.0. The van der Waals surface area contributed by atoms with Crippen molar-refractivity contribution in [2.75, 3.05) is 45.2 Å². The Balaban J connectivity index is 1.40. The Kier molecular flexibility index (Phi) is 6.18. The highest BCUT2D eigenvalue weighted by Crippen LogP contribution is 2.39. The summed E-state index contributed by atoms with van der Waals surface area (Å²) in [7, 11) is 1.47. The van der Waals surface area contributed by atoms with Crippen LogP contribution in [0, 0.1) is 11.8 Å². The minimum absolute atomic E-state index is 0.00514. The Hall–Kier alpha value is -1.96. The minimum Gasteiger partial charge on any atom is -0.391 e. The van der Waals surface area contributed by atoms with Crippen LogP contribution in [-0.4, -0.2) is 78.8 Å². The number of nitrogens with one attached hydrogen (secondary N) is 1. The summed E-state index contributed by atoms with van der Waals surface area (Å²) in [5.41, 5.74) is 1.18. The average Bonchev–Trinajstić information content (AvgIpc) is 3.36. The molecule has 0 unspecified atom stereocenters. The van der Waals surface area contributed by atoms with Crippen molar-refractivity contribution in [1.82, 2.24) is 9.80 Å². The SMILES string of the molecule is COCC(=O)Nc1cccc(C(=O)N2C[C@H]3C[C@@H](N4CCCC4)[C@H](O)C[C@H]3C2)c1. The number of ether oxygens (including phenoxy) is 1. The number of hydrogen-bond acceptors (Lipinski definition) is 5. The van der Waals surface area contributed by atoms with Crippen LogP contribution in [0.5, 0.6) is 0 Å². The Bertz CT molecular complexity index is 749. The summed E-state index contributed by atoms with van der Waals surface area (Å²) >= 11 is 0. The van der Waals surface area contributed by atoms with Crippen LogP contribution < -0.4 is 5.32 Å². The maximum atomic E-state index is 13.1. The van der Waals surface area contributed by atoms with Crippen LogP contribution in [0.1, 0.15) is 36.0 Å². The molecule has 2 aliphatic heterocycles. The second-order valence-corrected chi connectivity index (χ2v) is 8.64. The van der Waals surface area contributed by atoms with Crippen LogP contribution in [0.25, 0.3) is 0 Å². The fourth-order valence-electron chi connectivity index (χ4n) is 5.28. The highest BCUT2D eigenvalue weighted by atomic mass is 16.5. The van der Waals surface area contributed by atoms with Gasteiger partial charge in [-0.2, -0.15) is 0 Å². The molecule has 3 fully saturated rings. The van der Waals surface area contributed by atoms with Gasteiger partial charge in [-0.1, -0.05) is 6.07 Å². The topological polar surface area (TPSA) is 82.1 Å². The maximum absolute atomic E-state index is 13.1. The van der Waals surface area contributed by atoms with Crippen LogP contribution >= 0.6 is 0 Å². The lowest BCUT2D eigenvalue weighted by molar-refractivity contribution is -0.119. The molecule has 0 radical (unpaired) electrons. The summed E-state index contributed by atoms with van der Waals surface area (Å²) in [6, 6.07) is 7.31. The van der Waals surface area contributed by atoms with E-state index in [2.05, 4.69) is 10.2 Å². The fraction of sp³-hybridized carbons (Fsp3) is 0.636. The quantitative estimate of drug-likeness (QED) is 0.783. The first-order chi connectivity index (χ1) is 14.0. The third kappa shape index (κ3) is 4.47. The van der Waals surface area contributed by atoms with E-state index in [-0.39, 0.29) is 30.6 Å². The number of aliphatic hydroxyl groups is 1. The van der Waals surface area contributed by atoms with E-state index in [1.165, 1.54) is 20.0 Å². The first-order valence-electron chi connectivity index (χ1n) is 10.7. The molecular formula is C22H31N3O4. The predicted molar refractivity (Wildman–Crippen MR) is 110 cm³/mol. The number of methoxy groups -OCH3 is 1. The summed E-state index contributed by atoms with van der Waals surface area (Å²) < 4.78 is 4.83. The van der Waals surface area contributed by atoms with E-state index < -0.39 is 0 Å². The van der Waals surface area contributed by atoms with Gasteiger partial charge in [0.15, 0.2) is 0 Å². The van der Waals surface area contributed by atoms with Crippen molar-refractivity contribution in [3.63, 3.8) is 0 Å². The molecule has 2 amide bonds. The van der Waals surface area contributed by atoms with Crippen molar-refractivity contribution in [2.45, 2.75) is 37.8 Å². The van der Waals surface area contributed by atoms with E-state index in [0.717, 1.165) is 32.5 Å². The third-order valence-electron chi connectivity index (χ3n) is 6.67. The van der Waals surface area contributed by atoms with Gasteiger partial charge in [0.05, 0.1) is 6.10 Å². The smallest absolute Gasteiger partial charge is 0.253 e. The second-order valence-electron chi connectivity index (χ2n) is 8.64. The molecule has 0 aromatic heterocycles. The van der Waals surface area contributed by atoms with Gasteiger partial charge in [0, 0.05) is 37.5 Å². The Morgan fingerprint density at radius 1 is 1.17 bits per heavy atom. The van der Waals surface area contributed by atoms with Crippen LogP contribution in [-0.2, 0) is 9.53 Å². The molecule has 2 heterocycles. The summed E-state index contributed by atoms with van der Waals surface area (Å²) in [4.78, 5) is 29.2. The van der Waals surface area contributed by atoms with E-state index >= 15 is 0 Å². The largest absolute Gasteiger partial charge is 0.391 e. The number of hydrogen-bond donors (Lipinski definition) is 2. The summed E-state index contributed by atoms with van der Waals surface area (Å²) in [5, 5.41) is 13.4. The molecule has 3 aliphatic rings. The van der Waals surface area contributed by atoms with E-state index in [1.54, 1.807) is 24.3 Å². The molecule has 2 saturated heterocycles. The van der Waals surface area contributed by atoms with Crippen LogP contribution in [0.3, 0.4) is 0 Å². The van der Waals surface area contributed by atoms with Gasteiger partial charge in [-0.05, 0) is 68.8 Å². The van der Waals surface area contributed by atoms with Crippen LogP contribution in [0.4, 0.5) is 5.69 Å². The zero-order chi connectivity index (χ0) is 20.4. The molecule has 1 aromatic carbocycles. The number of aliphatic hydroxyl groups excluding tert-OH is 1. The van der Waals surface area contributed by atoms with Crippen LogP contribution in [0.2, 0.25) is 0 Å². The van der Waals surface area contributed by atoms with E-state index in [0.29, 0.717) is 29.6 Å². The van der Waals surface area contributed by atoms with E-state index in [1.807, 2.05) is 4.90 Å². The number of carbonyl (C=O) groups excluding carboxylic acids is 2. The van der Waals surface area contributed by atoms with Gasteiger partial charge >= 0.3 is 0 Å². The van der Waals surface area contributed by atoms with Gasteiger partial charge in [0.25, 0.3) is 5.91 Å². The Morgan fingerprint density at radius 3 is 2.62 bits per heavy atom. The standard InChI is InChI=1S/C22H31N3O4/c1-29-14-21(27)23-18-6-4-5-15(9-18)22(28)25-12-16-10-19(24-7-2-3-8-24)20(26)11-17(16)13-25/h4-6,9,16-17,19-20,26H,2-3,7-8,10-14H2,1H3,(H,23,27)/t16-,17+,19-,20-/m1/s1. The number of benzene rings is 1. The Labute approximate surface area is 172 Å². The van der Waals surface area contributed by atoms with Crippen LogP contribution in [0.15, 0.2) is 24.3 Å². The molecule has 4 rings (SSSR count). The number of rotatable bonds is 5. The van der Waals surface area contributed by atoms with Crippen molar-refractivity contribution >= 4 is 17.5 Å². The molecule has 2 N–H and O–H groups in total. The number of likely N-dealkylation sites (tertiary alicyclic amines) is 2. The second kappa shape index (κ2) is 8.81. The molecule has 7 nitrogen and oxygen atoms in total. The first-order valence-corrected chi connectivity index (χ1v) is 10.7. The molecule has 7 heteroatoms. The van der Waals surface area contributed by atoms with Crippen molar-refractivity contribution in [3.8, 4) is 0 Å². The van der Waals surface area contributed by atoms with E-state index in [4.69, 9.17) is 4.74 Å².